The highest BCUT2D eigenvalue weighted by molar-refractivity contribution is 5.94. The summed E-state index contributed by atoms with van der Waals surface area (Å²) in [5.74, 6) is 1.75. The number of para-hydroxylation sites is 1. The van der Waals surface area contributed by atoms with Crippen molar-refractivity contribution < 1.29 is 4.79 Å². The molecule has 0 aliphatic carbocycles. The molecule has 3 rings (SSSR count). The lowest BCUT2D eigenvalue weighted by atomic mass is 10.2. The summed E-state index contributed by atoms with van der Waals surface area (Å²) < 4.78 is 0. The van der Waals surface area contributed by atoms with E-state index in [1.165, 1.54) is 18.7 Å². The van der Waals surface area contributed by atoms with Gasteiger partial charge >= 0.3 is 0 Å². The van der Waals surface area contributed by atoms with Gasteiger partial charge in [0.2, 0.25) is 5.91 Å². The smallest absolute Gasteiger partial charge is 0.241 e. The van der Waals surface area contributed by atoms with Gasteiger partial charge in [0.05, 0.1) is 18.4 Å². The summed E-state index contributed by atoms with van der Waals surface area (Å²) in [6, 6.07) is 10.3. The van der Waals surface area contributed by atoms with Crippen LogP contribution in [0.4, 0.5) is 29.0 Å². The average molecular weight is 379 g/mol. The van der Waals surface area contributed by atoms with E-state index in [0.29, 0.717) is 41.9 Å². The molecule has 0 aliphatic rings. The van der Waals surface area contributed by atoms with Gasteiger partial charge in [0.1, 0.15) is 29.6 Å². The maximum atomic E-state index is 12.1. The molecule has 0 bridgehead atoms. The first-order chi connectivity index (χ1) is 13.6. The van der Waals surface area contributed by atoms with Crippen molar-refractivity contribution in [1.29, 1.82) is 0 Å². The van der Waals surface area contributed by atoms with Gasteiger partial charge in [0, 0.05) is 18.3 Å². The molecule has 7 N–H and O–H groups in total. The van der Waals surface area contributed by atoms with Gasteiger partial charge in [-0.05, 0) is 18.6 Å². The van der Waals surface area contributed by atoms with Gasteiger partial charge in [-0.3, -0.25) is 4.79 Å². The van der Waals surface area contributed by atoms with Gasteiger partial charge in [-0.2, -0.15) is 0 Å². The lowest BCUT2D eigenvalue weighted by molar-refractivity contribution is -0.117. The predicted octanol–water partition coefficient (Wildman–Crippen LogP) is 1.36. The van der Waals surface area contributed by atoms with Crippen LogP contribution in [0.5, 0.6) is 0 Å². The van der Waals surface area contributed by atoms with E-state index < -0.39 is 6.04 Å². The van der Waals surface area contributed by atoms with E-state index in [9.17, 15) is 4.79 Å². The summed E-state index contributed by atoms with van der Waals surface area (Å²) in [5.41, 5.74) is 12.2. The second-order valence-electron chi connectivity index (χ2n) is 5.92. The molecule has 1 amide bonds. The first kappa shape index (κ1) is 19.0. The minimum atomic E-state index is -0.641. The second-order valence-corrected chi connectivity index (χ2v) is 5.92. The molecule has 0 fully saturated rings. The van der Waals surface area contributed by atoms with Gasteiger partial charge in [0.15, 0.2) is 0 Å². The highest BCUT2D eigenvalue weighted by Gasteiger charge is 2.13. The van der Waals surface area contributed by atoms with Gasteiger partial charge < -0.3 is 27.4 Å². The number of aromatic nitrogens is 4. The number of rotatable bonds is 8. The Morgan fingerprint density at radius 1 is 1.00 bits per heavy atom. The molecule has 0 aliphatic heterocycles. The van der Waals surface area contributed by atoms with Gasteiger partial charge in [0.25, 0.3) is 0 Å². The summed E-state index contributed by atoms with van der Waals surface area (Å²) in [5, 5.41) is 8.91. The van der Waals surface area contributed by atoms with Crippen LogP contribution in [0, 0.1) is 0 Å². The third-order valence-electron chi connectivity index (χ3n) is 3.73. The third-order valence-corrected chi connectivity index (χ3v) is 3.73. The molecule has 0 radical (unpaired) electrons. The van der Waals surface area contributed by atoms with Gasteiger partial charge in [-0.1, -0.05) is 18.2 Å². The number of nitrogen functional groups attached to an aromatic ring is 1. The van der Waals surface area contributed by atoms with E-state index in [1.807, 2.05) is 30.3 Å². The van der Waals surface area contributed by atoms with Crippen molar-refractivity contribution in [1.82, 2.24) is 19.9 Å². The molecule has 0 unspecified atom stereocenters. The number of carbonyl (C=O) groups is 1. The molecule has 28 heavy (non-hydrogen) atoms. The van der Waals surface area contributed by atoms with E-state index in [4.69, 9.17) is 11.5 Å². The number of hydrogen-bond donors (Lipinski definition) is 5. The number of nitrogens with zero attached hydrogens (tertiary/aromatic N) is 4. The van der Waals surface area contributed by atoms with Crippen LogP contribution in [0.3, 0.4) is 0 Å². The van der Waals surface area contributed by atoms with Crippen molar-refractivity contribution in [2.24, 2.45) is 5.73 Å². The molecule has 0 spiro atoms. The van der Waals surface area contributed by atoms with E-state index >= 15 is 0 Å². The number of hydrogen-bond acceptors (Lipinski definition) is 9. The molecule has 2 aromatic heterocycles. The van der Waals surface area contributed by atoms with Crippen molar-refractivity contribution >= 4 is 34.9 Å². The summed E-state index contributed by atoms with van der Waals surface area (Å²) in [4.78, 5) is 28.4. The number of benzene rings is 1. The zero-order valence-corrected chi connectivity index (χ0v) is 15.0. The molecule has 144 valence electrons. The van der Waals surface area contributed by atoms with Crippen molar-refractivity contribution in [2.75, 3.05) is 28.2 Å². The summed E-state index contributed by atoms with van der Waals surface area (Å²) >= 11 is 0. The molecular weight excluding hydrogens is 358 g/mol. The number of nitrogens with two attached hydrogens (primary N) is 2. The highest BCUT2D eigenvalue weighted by Crippen LogP contribution is 2.14. The van der Waals surface area contributed by atoms with Crippen molar-refractivity contribution in [2.45, 2.75) is 12.5 Å². The summed E-state index contributed by atoms with van der Waals surface area (Å²) in [6.45, 7) is 0.474. The monoisotopic (exact) mass is 379 g/mol. The van der Waals surface area contributed by atoms with Gasteiger partial charge in [-0.15, -0.1) is 0 Å². The first-order valence-electron chi connectivity index (χ1n) is 8.62. The average Bonchev–Trinajstić information content (AvgIpc) is 2.71. The largest absolute Gasteiger partial charge is 0.382 e. The predicted molar refractivity (Wildman–Crippen MR) is 108 cm³/mol. The topological polar surface area (TPSA) is 157 Å². The van der Waals surface area contributed by atoms with Crippen LogP contribution in [0.2, 0.25) is 0 Å². The molecular formula is C18H21N9O. The number of amides is 1. The van der Waals surface area contributed by atoms with Crippen LogP contribution in [0.25, 0.3) is 0 Å². The fourth-order valence-electron chi connectivity index (χ4n) is 2.30. The Hall–Kier alpha value is -3.79. The maximum Gasteiger partial charge on any atom is 0.241 e. The fraction of sp³-hybridized carbons (Fsp3) is 0.167. The quantitative estimate of drug-likeness (QED) is 0.390. The molecule has 10 heteroatoms. The molecule has 0 saturated carbocycles. The third kappa shape index (κ3) is 5.61. The van der Waals surface area contributed by atoms with Crippen LogP contribution >= 0.6 is 0 Å². The molecule has 0 saturated heterocycles. The lowest BCUT2D eigenvalue weighted by Crippen LogP contribution is -2.37. The molecule has 2 heterocycles. The van der Waals surface area contributed by atoms with Crippen molar-refractivity contribution in [3.8, 4) is 0 Å². The minimum Gasteiger partial charge on any atom is -0.382 e. The van der Waals surface area contributed by atoms with Gasteiger partial charge in [-0.25, -0.2) is 19.9 Å². The zero-order chi connectivity index (χ0) is 19.8. The molecule has 1 atom stereocenters. The Kier molecular flexibility index (Phi) is 6.26. The summed E-state index contributed by atoms with van der Waals surface area (Å²) in [6.07, 6.45) is 4.81. The van der Waals surface area contributed by atoms with E-state index in [-0.39, 0.29) is 5.91 Å². The number of anilines is 5. The SMILES string of the molecule is Nc1cnc(Nc2cc(NCC[C@H](N)C(=O)Nc3ccccc3)ncn2)cn1. The lowest BCUT2D eigenvalue weighted by Gasteiger charge is -2.13. The Morgan fingerprint density at radius 2 is 1.79 bits per heavy atom. The Bertz CT molecular complexity index is 902. The van der Waals surface area contributed by atoms with E-state index in [2.05, 4.69) is 35.9 Å². The number of nitrogens with one attached hydrogen (secondary N) is 3. The highest BCUT2D eigenvalue weighted by atomic mass is 16.2. The van der Waals surface area contributed by atoms with Crippen LogP contribution in [-0.2, 0) is 4.79 Å². The van der Waals surface area contributed by atoms with E-state index in [1.54, 1.807) is 6.07 Å². The van der Waals surface area contributed by atoms with Crippen LogP contribution in [0.1, 0.15) is 6.42 Å². The van der Waals surface area contributed by atoms with E-state index in [0.717, 1.165) is 0 Å². The van der Waals surface area contributed by atoms with Crippen LogP contribution in [-0.4, -0.2) is 38.4 Å². The Morgan fingerprint density at radius 3 is 2.54 bits per heavy atom. The molecule has 10 nitrogen and oxygen atoms in total. The fourth-order valence-corrected chi connectivity index (χ4v) is 2.30. The Labute approximate surface area is 161 Å². The second kappa shape index (κ2) is 9.24. The van der Waals surface area contributed by atoms with Crippen LogP contribution < -0.4 is 27.4 Å². The maximum absolute atomic E-state index is 12.1. The first-order valence-corrected chi connectivity index (χ1v) is 8.62. The minimum absolute atomic E-state index is 0.236. The number of carbonyl (C=O) groups excluding carboxylic acids is 1. The Balaban J connectivity index is 1.47. The summed E-state index contributed by atoms with van der Waals surface area (Å²) in [7, 11) is 0. The van der Waals surface area contributed by atoms with Crippen LogP contribution in [0.15, 0.2) is 55.1 Å². The molecule has 1 aromatic carbocycles. The zero-order valence-electron chi connectivity index (χ0n) is 15.0. The molecule has 3 aromatic rings. The van der Waals surface area contributed by atoms with Crippen molar-refractivity contribution in [3.05, 3.63) is 55.1 Å². The normalized spacial score (nSPS) is 11.5. The van der Waals surface area contributed by atoms with Crippen molar-refractivity contribution in [3.63, 3.8) is 0 Å². The standard InChI is InChI=1S/C18H21N9O/c19-13(18(28)26-12-4-2-1-3-5-12)6-7-21-15-8-16(25-11-24-15)27-17-10-22-14(20)9-23-17/h1-5,8-11,13H,6-7,19H2,(H2,20,22)(H,26,28)(H2,21,23,24,25,27)/t13-/m0/s1.